The van der Waals surface area contributed by atoms with Gasteiger partial charge in [0.1, 0.15) is 5.75 Å². The van der Waals surface area contributed by atoms with Crippen molar-refractivity contribution in [2.75, 3.05) is 0 Å². The summed E-state index contributed by atoms with van der Waals surface area (Å²) in [7, 11) is 0. The van der Waals surface area contributed by atoms with Crippen molar-refractivity contribution in [2.45, 2.75) is 27.3 Å². The highest BCUT2D eigenvalue weighted by atomic mass is 16.3. The lowest BCUT2D eigenvalue weighted by atomic mass is 10.1. The van der Waals surface area contributed by atoms with Gasteiger partial charge in [0.05, 0.1) is 6.54 Å². The number of phenolic OH excluding ortho intramolecular Hbond substituents is 1. The molecule has 2 aromatic carbocycles. The highest BCUT2D eigenvalue weighted by Gasteiger charge is 2.02. The van der Waals surface area contributed by atoms with Gasteiger partial charge in [-0.3, -0.25) is 4.99 Å². The summed E-state index contributed by atoms with van der Waals surface area (Å²) in [6.45, 7) is 6.62. The van der Waals surface area contributed by atoms with E-state index in [1.165, 1.54) is 11.1 Å². The summed E-state index contributed by atoms with van der Waals surface area (Å²) in [6.07, 6.45) is 1.75. The van der Waals surface area contributed by atoms with Crippen LogP contribution in [0.1, 0.15) is 27.8 Å². The first-order valence-corrected chi connectivity index (χ1v) is 6.42. The van der Waals surface area contributed by atoms with E-state index >= 15 is 0 Å². The molecule has 0 atom stereocenters. The van der Waals surface area contributed by atoms with E-state index in [1.807, 2.05) is 26.0 Å². The number of aliphatic imine (C=N–C) groups is 1. The van der Waals surface area contributed by atoms with Crippen molar-refractivity contribution in [1.82, 2.24) is 0 Å². The van der Waals surface area contributed by atoms with Crippen LogP contribution in [0.15, 0.2) is 41.4 Å². The molecule has 0 aromatic heterocycles. The van der Waals surface area contributed by atoms with Gasteiger partial charge in [-0.05, 0) is 43.5 Å². The van der Waals surface area contributed by atoms with E-state index in [1.54, 1.807) is 6.21 Å². The maximum Gasteiger partial charge on any atom is 0.127 e. The molecule has 0 spiro atoms. The van der Waals surface area contributed by atoms with Crippen molar-refractivity contribution in [1.29, 1.82) is 0 Å². The molecule has 98 valence electrons. The smallest absolute Gasteiger partial charge is 0.127 e. The molecule has 0 aliphatic rings. The molecule has 2 rings (SSSR count). The fourth-order valence-corrected chi connectivity index (χ4v) is 2.03. The zero-order valence-corrected chi connectivity index (χ0v) is 11.6. The van der Waals surface area contributed by atoms with Crippen molar-refractivity contribution < 1.29 is 5.11 Å². The zero-order chi connectivity index (χ0) is 13.8. The van der Waals surface area contributed by atoms with E-state index in [-0.39, 0.29) is 0 Å². The summed E-state index contributed by atoms with van der Waals surface area (Å²) >= 11 is 0. The predicted molar refractivity (Wildman–Crippen MR) is 80.1 cm³/mol. The monoisotopic (exact) mass is 253 g/mol. The third-order valence-electron chi connectivity index (χ3n) is 3.10. The highest BCUT2D eigenvalue weighted by Crippen LogP contribution is 2.22. The fraction of sp³-hybridized carbons (Fsp3) is 0.235. The van der Waals surface area contributed by atoms with Crippen LogP contribution in [-0.4, -0.2) is 11.3 Å². The van der Waals surface area contributed by atoms with Crippen molar-refractivity contribution in [3.8, 4) is 5.75 Å². The van der Waals surface area contributed by atoms with E-state index in [0.717, 1.165) is 16.7 Å². The zero-order valence-electron chi connectivity index (χ0n) is 11.6. The third kappa shape index (κ3) is 3.44. The molecular formula is C17H19NO. The summed E-state index contributed by atoms with van der Waals surface area (Å²) in [5, 5.41) is 9.96. The molecule has 2 nitrogen and oxygen atoms in total. The van der Waals surface area contributed by atoms with Crippen molar-refractivity contribution in [2.24, 2.45) is 4.99 Å². The number of phenols is 1. The van der Waals surface area contributed by atoms with Crippen LogP contribution < -0.4 is 0 Å². The van der Waals surface area contributed by atoms with Crippen molar-refractivity contribution >= 4 is 6.21 Å². The molecule has 1 N–H and O–H groups in total. The molecule has 0 fully saturated rings. The summed E-state index contributed by atoms with van der Waals surface area (Å²) in [4.78, 5) is 4.40. The largest absolute Gasteiger partial charge is 0.507 e. The number of aryl methyl sites for hydroxylation is 3. The number of aromatic hydroxyl groups is 1. The quantitative estimate of drug-likeness (QED) is 0.826. The van der Waals surface area contributed by atoms with Gasteiger partial charge in [-0.2, -0.15) is 0 Å². The average Bonchev–Trinajstić information content (AvgIpc) is 2.37. The number of rotatable bonds is 3. The minimum absolute atomic E-state index is 0.318. The Balaban J connectivity index is 2.13. The van der Waals surface area contributed by atoms with Crippen LogP contribution in [0.25, 0.3) is 0 Å². The molecule has 0 amide bonds. The lowest BCUT2D eigenvalue weighted by molar-refractivity contribution is 0.470. The maximum absolute atomic E-state index is 9.96. The Hall–Kier alpha value is -2.09. The summed E-state index contributed by atoms with van der Waals surface area (Å²) < 4.78 is 0. The molecule has 0 aliphatic carbocycles. The Bertz CT molecular complexity index is 597. The first-order valence-electron chi connectivity index (χ1n) is 6.42. The molecule has 0 heterocycles. The van der Waals surface area contributed by atoms with Gasteiger partial charge >= 0.3 is 0 Å². The first kappa shape index (κ1) is 13.3. The van der Waals surface area contributed by atoms with E-state index in [9.17, 15) is 5.11 Å². The second-order valence-electron chi connectivity index (χ2n) is 4.98. The van der Waals surface area contributed by atoms with Crippen LogP contribution in [0, 0.1) is 20.8 Å². The topological polar surface area (TPSA) is 32.6 Å². The molecule has 2 heteroatoms. The molecule has 0 aliphatic heterocycles. The summed E-state index contributed by atoms with van der Waals surface area (Å²) in [5.74, 6) is 0.318. The number of nitrogens with zero attached hydrogens (tertiary/aromatic N) is 1. The standard InChI is InChI=1S/C17H19NO/c1-12-4-6-15(7-5-12)10-18-11-16-9-13(2)8-14(3)17(16)19/h4-9,11,19H,10H2,1-3H3/b18-11+. The summed E-state index contributed by atoms with van der Waals surface area (Å²) in [5.41, 5.74) is 5.22. The van der Waals surface area contributed by atoms with E-state index in [4.69, 9.17) is 0 Å². The SMILES string of the molecule is Cc1ccc(C/N=C/c2cc(C)cc(C)c2O)cc1. The third-order valence-corrected chi connectivity index (χ3v) is 3.10. The predicted octanol–water partition coefficient (Wildman–Crippen LogP) is 3.94. The minimum atomic E-state index is 0.318. The molecule has 0 bridgehead atoms. The Morgan fingerprint density at radius 2 is 1.68 bits per heavy atom. The Kier molecular flexibility index (Phi) is 4.00. The summed E-state index contributed by atoms with van der Waals surface area (Å²) in [6, 6.07) is 12.2. The second kappa shape index (κ2) is 5.70. The van der Waals surface area contributed by atoms with Crippen LogP contribution in [0.4, 0.5) is 0 Å². The Morgan fingerprint density at radius 1 is 1.00 bits per heavy atom. The molecule has 0 radical (unpaired) electrons. The van der Waals surface area contributed by atoms with Crippen LogP contribution in [0.5, 0.6) is 5.75 Å². The maximum atomic E-state index is 9.96. The average molecular weight is 253 g/mol. The molecule has 0 saturated heterocycles. The molecule has 2 aromatic rings. The lowest BCUT2D eigenvalue weighted by Gasteiger charge is -2.04. The Morgan fingerprint density at radius 3 is 2.37 bits per heavy atom. The van der Waals surface area contributed by atoms with Gasteiger partial charge in [0, 0.05) is 11.8 Å². The molecule has 0 unspecified atom stereocenters. The normalized spacial score (nSPS) is 11.1. The molecular weight excluding hydrogens is 234 g/mol. The number of hydrogen-bond donors (Lipinski definition) is 1. The minimum Gasteiger partial charge on any atom is -0.507 e. The van der Waals surface area contributed by atoms with Gasteiger partial charge in [0.25, 0.3) is 0 Å². The van der Waals surface area contributed by atoms with Gasteiger partial charge in [0.15, 0.2) is 0 Å². The van der Waals surface area contributed by atoms with Gasteiger partial charge < -0.3 is 5.11 Å². The van der Waals surface area contributed by atoms with Crippen LogP contribution in [-0.2, 0) is 6.54 Å². The number of benzene rings is 2. The van der Waals surface area contributed by atoms with E-state index in [2.05, 4.69) is 36.2 Å². The van der Waals surface area contributed by atoms with E-state index in [0.29, 0.717) is 12.3 Å². The highest BCUT2D eigenvalue weighted by molar-refractivity contribution is 5.84. The van der Waals surface area contributed by atoms with Crippen LogP contribution in [0.2, 0.25) is 0 Å². The fourth-order valence-electron chi connectivity index (χ4n) is 2.03. The number of hydrogen-bond acceptors (Lipinski definition) is 2. The van der Waals surface area contributed by atoms with Gasteiger partial charge in [-0.25, -0.2) is 0 Å². The van der Waals surface area contributed by atoms with E-state index < -0.39 is 0 Å². The van der Waals surface area contributed by atoms with Gasteiger partial charge in [0.2, 0.25) is 0 Å². The lowest BCUT2D eigenvalue weighted by Crippen LogP contribution is -1.89. The Labute approximate surface area is 114 Å². The van der Waals surface area contributed by atoms with Crippen molar-refractivity contribution in [3.63, 3.8) is 0 Å². The van der Waals surface area contributed by atoms with Crippen molar-refractivity contribution in [3.05, 3.63) is 64.2 Å². The second-order valence-corrected chi connectivity index (χ2v) is 4.98. The van der Waals surface area contributed by atoms with Crippen LogP contribution >= 0.6 is 0 Å². The van der Waals surface area contributed by atoms with Gasteiger partial charge in [-0.1, -0.05) is 35.9 Å². The molecule has 0 saturated carbocycles. The molecule has 19 heavy (non-hydrogen) atoms. The van der Waals surface area contributed by atoms with Gasteiger partial charge in [-0.15, -0.1) is 0 Å². The first-order chi connectivity index (χ1) is 9.06. The van der Waals surface area contributed by atoms with Crippen LogP contribution in [0.3, 0.4) is 0 Å².